The number of halogens is 4. The number of nitrogens with one attached hydrogen (secondary N) is 1. The Morgan fingerprint density at radius 2 is 1.71 bits per heavy atom. The van der Waals surface area contributed by atoms with Crippen molar-refractivity contribution in [3.8, 4) is 0 Å². The van der Waals surface area contributed by atoms with Crippen LogP contribution in [-0.4, -0.2) is 13.4 Å². The maximum absolute atomic E-state index is 13.5. The molecule has 112 valence electrons. The van der Waals surface area contributed by atoms with Gasteiger partial charge in [0, 0.05) is 22.8 Å². The highest BCUT2D eigenvalue weighted by Gasteiger charge is 2.25. The van der Waals surface area contributed by atoms with Crippen LogP contribution in [0.15, 0.2) is 33.8 Å². The van der Waals surface area contributed by atoms with Gasteiger partial charge in [0.1, 0.15) is 23.3 Å². The molecule has 0 unspecified atom stereocenters. The summed E-state index contributed by atoms with van der Waals surface area (Å²) in [6.45, 7) is 1.68. The number of sulfonamides is 1. The van der Waals surface area contributed by atoms with Gasteiger partial charge >= 0.3 is 0 Å². The van der Waals surface area contributed by atoms with Crippen LogP contribution in [0.3, 0.4) is 0 Å². The Morgan fingerprint density at radius 1 is 1.14 bits per heavy atom. The van der Waals surface area contributed by atoms with Gasteiger partial charge in [-0.2, -0.15) is 0 Å². The third-order valence-corrected chi connectivity index (χ3v) is 4.75. The summed E-state index contributed by atoms with van der Waals surface area (Å²) in [5, 5.41) is 0. The van der Waals surface area contributed by atoms with Crippen molar-refractivity contribution < 1.29 is 21.6 Å². The van der Waals surface area contributed by atoms with E-state index in [9.17, 15) is 21.6 Å². The molecule has 21 heavy (non-hydrogen) atoms. The van der Waals surface area contributed by atoms with Gasteiger partial charge in [-0.25, -0.2) is 26.6 Å². The topological polar surface area (TPSA) is 59.1 Å². The lowest BCUT2D eigenvalue weighted by Gasteiger charge is -2.10. The average Bonchev–Trinajstić information content (AvgIpc) is 2.31. The predicted molar refractivity (Wildman–Crippen MR) is 73.8 cm³/mol. The van der Waals surface area contributed by atoms with Crippen LogP contribution in [0.2, 0.25) is 0 Å². The quantitative estimate of drug-likeness (QED) is 0.887. The molecule has 0 aliphatic rings. The molecular formula is C12H8BrF3N2O2S. The summed E-state index contributed by atoms with van der Waals surface area (Å²) < 4.78 is 66.4. The van der Waals surface area contributed by atoms with Crippen molar-refractivity contribution in [3.05, 3.63) is 51.9 Å². The average molecular weight is 381 g/mol. The zero-order chi connectivity index (χ0) is 15.8. The third-order valence-electron chi connectivity index (χ3n) is 2.52. The van der Waals surface area contributed by atoms with Crippen molar-refractivity contribution >= 4 is 31.8 Å². The van der Waals surface area contributed by atoms with Gasteiger partial charge in [-0.15, -0.1) is 0 Å². The van der Waals surface area contributed by atoms with E-state index in [2.05, 4.69) is 20.9 Å². The molecule has 0 atom stereocenters. The molecule has 0 aliphatic heterocycles. The van der Waals surface area contributed by atoms with Crippen molar-refractivity contribution in [2.75, 3.05) is 4.72 Å². The monoisotopic (exact) mass is 380 g/mol. The van der Waals surface area contributed by atoms with Gasteiger partial charge in [0.05, 0.1) is 0 Å². The lowest BCUT2D eigenvalue weighted by molar-refractivity contribution is 0.498. The van der Waals surface area contributed by atoms with Gasteiger partial charge in [0.25, 0.3) is 10.0 Å². The fourth-order valence-electron chi connectivity index (χ4n) is 1.57. The summed E-state index contributed by atoms with van der Waals surface area (Å²) in [5.74, 6) is -4.36. The van der Waals surface area contributed by atoms with E-state index in [0.717, 1.165) is 0 Å². The number of aromatic nitrogens is 1. The van der Waals surface area contributed by atoms with Crippen molar-refractivity contribution in [2.24, 2.45) is 0 Å². The van der Waals surface area contributed by atoms with Crippen molar-refractivity contribution in [1.29, 1.82) is 0 Å². The lowest BCUT2D eigenvalue weighted by atomic mass is 10.3. The van der Waals surface area contributed by atoms with Gasteiger partial charge in [0.15, 0.2) is 4.90 Å². The Labute approximate surface area is 127 Å². The first-order chi connectivity index (χ1) is 9.70. The van der Waals surface area contributed by atoms with Crippen molar-refractivity contribution in [2.45, 2.75) is 11.8 Å². The highest BCUT2D eigenvalue weighted by molar-refractivity contribution is 9.10. The van der Waals surface area contributed by atoms with E-state index in [1.54, 1.807) is 6.92 Å². The van der Waals surface area contributed by atoms with Crippen LogP contribution in [0.25, 0.3) is 0 Å². The zero-order valence-corrected chi connectivity index (χ0v) is 12.9. The van der Waals surface area contributed by atoms with E-state index < -0.39 is 32.4 Å². The second-order valence-corrected chi connectivity index (χ2v) is 6.60. The molecular weight excluding hydrogens is 373 g/mol. The Hall–Kier alpha value is -1.61. The number of hydrogen-bond donors (Lipinski definition) is 1. The van der Waals surface area contributed by atoms with Crippen molar-refractivity contribution in [1.82, 2.24) is 4.98 Å². The van der Waals surface area contributed by atoms with Crippen LogP contribution < -0.4 is 4.72 Å². The standard InChI is InChI=1S/C12H8BrF3N2O2S/c1-6-2-11(17-5-8(6)13)18-21(19,20)12-9(15)3-7(14)4-10(12)16/h2-5H,1H3,(H,17,18). The smallest absolute Gasteiger partial charge is 0.263 e. The van der Waals surface area contributed by atoms with E-state index >= 15 is 0 Å². The number of rotatable bonds is 3. The minimum Gasteiger partial charge on any atom is -0.263 e. The molecule has 0 saturated heterocycles. The molecule has 0 radical (unpaired) electrons. The first-order valence-corrected chi connectivity index (χ1v) is 7.78. The highest BCUT2D eigenvalue weighted by Crippen LogP contribution is 2.24. The van der Waals surface area contributed by atoms with Gasteiger partial charge in [-0.05, 0) is 34.5 Å². The van der Waals surface area contributed by atoms with Crippen molar-refractivity contribution in [3.63, 3.8) is 0 Å². The first-order valence-electron chi connectivity index (χ1n) is 5.50. The number of nitrogens with zero attached hydrogens (tertiary/aromatic N) is 1. The highest BCUT2D eigenvalue weighted by atomic mass is 79.9. The molecule has 0 aliphatic carbocycles. The van der Waals surface area contributed by atoms with E-state index in [1.807, 2.05) is 4.72 Å². The fraction of sp³-hybridized carbons (Fsp3) is 0.0833. The fourth-order valence-corrected chi connectivity index (χ4v) is 2.91. The molecule has 0 saturated carbocycles. The van der Waals surface area contributed by atoms with Gasteiger partial charge < -0.3 is 0 Å². The first kappa shape index (κ1) is 15.8. The molecule has 0 bridgehead atoms. The Morgan fingerprint density at radius 3 is 2.24 bits per heavy atom. The summed E-state index contributed by atoms with van der Waals surface area (Å²) >= 11 is 3.18. The maximum Gasteiger partial charge on any atom is 0.268 e. The molecule has 4 nitrogen and oxygen atoms in total. The van der Waals surface area contributed by atoms with Gasteiger partial charge in [-0.3, -0.25) is 4.72 Å². The molecule has 9 heteroatoms. The molecule has 1 aromatic heterocycles. The van der Waals surface area contributed by atoms with Gasteiger partial charge in [-0.1, -0.05) is 0 Å². The van der Waals surface area contributed by atoms with Crippen LogP contribution in [-0.2, 0) is 10.0 Å². The second-order valence-electron chi connectivity index (χ2n) is 4.12. The summed E-state index contributed by atoms with van der Waals surface area (Å²) in [7, 11) is -4.57. The van der Waals surface area contributed by atoms with E-state index in [0.29, 0.717) is 10.0 Å². The molecule has 1 aromatic carbocycles. The third kappa shape index (κ3) is 3.35. The van der Waals surface area contributed by atoms with Crippen LogP contribution in [0.1, 0.15) is 5.56 Å². The summed E-state index contributed by atoms with van der Waals surface area (Å²) in [4.78, 5) is 2.51. The number of benzene rings is 1. The number of pyridine rings is 1. The molecule has 0 amide bonds. The second kappa shape index (κ2) is 5.64. The molecule has 2 aromatic rings. The Balaban J connectivity index is 2.46. The molecule has 1 heterocycles. The number of hydrogen-bond acceptors (Lipinski definition) is 3. The zero-order valence-electron chi connectivity index (χ0n) is 10.5. The summed E-state index contributed by atoms with van der Waals surface area (Å²) in [6, 6.07) is 1.96. The molecule has 2 rings (SSSR count). The van der Waals surface area contributed by atoms with Crippen LogP contribution >= 0.6 is 15.9 Å². The van der Waals surface area contributed by atoms with Crippen LogP contribution in [0, 0.1) is 24.4 Å². The Bertz CT molecular complexity index is 789. The Kier molecular flexibility index (Phi) is 4.24. The molecule has 1 N–H and O–H groups in total. The number of anilines is 1. The molecule has 0 spiro atoms. The predicted octanol–water partition coefficient (Wildman–Crippen LogP) is 3.37. The van der Waals surface area contributed by atoms with Crippen LogP contribution in [0.5, 0.6) is 0 Å². The minimum absolute atomic E-state index is 0.112. The largest absolute Gasteiger partial charge is 0.268 e. The van der Waals surface area contributed by atoms with E-state index in [1.165, 1.54) is 12.3 Å². The minimum atomic E-state index is -4.57. The lowest BCUT2D eigenvalue weighted by Crippen LogP contribution is -2.17. The maximum atomic E-state index is 13.5. The molecule has 0 fully saturated rings. The van der Waals surface area contributed by atoms with Crippen LogP contribution in [0.4, 0.5) is 19.0 Å². The summed E-state index contributed by atoms with van der Waals surface area (Å²) in [5.41, 5.74) is 0.669. The SMILES string of the molecule is Cc1cc(NS(=O)(=O)c2c(F)cc(F)cc2F)ncc1Br. The van der Waals surface area contributed by atoms with Gasteiger partial charge in [0.2, 0.25) is 0 Å². The normalized spacial score (nSPS) is 11.5. The summed E-state index contributed by atoms with van der Waals surface area (Å²) in [6.07, 6.45) is 1.34. The number of aryl methyl sites for hydroxylation is 1. The van der Waals surface area contributed by atoms with E-state index in [4.69, 9.17) is 0 Å². The van der Waals surface area contributed by atoms with E-state index in [-0.39, 0.29) is 18.0 Å².